The first kappa shape index (κ1) is 56.8. The van der Waals surface area contributed by atoms with E-state index < -0.39 is 116 Å². The maximum Gasteiger partial charge on any atom is 0.338 e. The van der Waals surface area contributed by atoms with Crippen LogP contribution in [-0.4, -0.2) is 116 Å². The molecule has 0 saturated carbocycles. The monoisotopic (exact) mass is 1110 g/mol. The standard InChI is InChI=1S/C63H54O17S/c1-39-33-35-47(36-34-39)81-63-55(80-61(70)46-31-19-8-20-32-46)53(78-59(68)44-27-15-6-16-28-44)51(76-57(66)42-23-11-4-12-24-42)49(74-63)38-72-62-54(79-60(69)45-29-17-7-18-30-45)52(77-58(67)43-25-13-5-14-26-43)50(48(73-62)37-71-40(2)64)75-56(65)41-21-9-3-10-22-41/h3-36,48-55,62-63H,37-38H2,1-2H3/t48-,49-,50-,51-,52+,53+,54+,55+,62+,63-/m1/s1. The molecule has 2 aliphatic heterocycles. The first-order chi connectivity index (χ1) is 39.4. The second-order valence-electron chi connectivity index (χ2n) is 18.6. The lowest BCUT2D eigenvalue weighted by Crippen LogP contribution is -2.64. The molecule has 0 amide bonds. The number of esters is 7. The van der Waals surface area contributed by atoms with Crippen molar-refractivity contribution in [1.82, 2.24) is 0 Å². The van der Waals surface area contributed by atoms with Crippen LogP contribution in [0.15, 0.2) is 211 Å². The predicted octanol–water partition coefficient (Wildman–Crippen LogP) is 9.47. The average Bonchev–Trinajstić information content (AvgIpc) is 3.57. The van der Waals surface area contributed by atoms with Crippen LogP contribution >= 0.6 is 11.8 Å². The van der Waals surface area contributed by atoms with Crippen molar-refractivity contribution >= 4 is 53.5 Å². The topological polar surface area (TPSA) is 212 Å². The average molecular weight is 1120 g/mol. The first-order valence-electron chi connectivity index (χ1n) is 25.7. The van der Waals surface area contributed by atoms with Crippen molar-refractivity contribution in [3.8, 4) is 0 Å². The largest absolute Gasteiger partial charge is 0.463 e. The molecule has 0 unspecified atom stereocenters. The minimum atomic E-state index is -1.82. The molecule has 10 atom stereocenters. The smallest absolute Gasteiger partial charge is 0.338 e. The van der Waals surface area contributed by atoms with Gasteiger partial charge in [-0.3, -0.25) is 4.79 Å². The highest BCUT2D eigenvalue weighted by Crippen LogP contribution is 2.40. The zero-order valence-corrected chi connectivity index (χ0v) is 44.5. The minimum absolute atomic E-state index is 0.0582. The van der Waals surface area contributed by atoms with E-state index in [1.54, 1.807) is 121 Å². The predicted molar refractivity (Wildman–Crippen MR) is 291 cm³/mol. The van der Waals surface area contributed by atoms with Gasteiger partial charge >= 0.3 is 41.8 Å². The molecule has 2 saturated heterocycles. The van der Waals surface area contributed by atoms with Gasteiger partial charge in [-0.05, 0) is 91.9 Å². The van der Waals surface area contributed by atoms with E-state index in [4.69, 9.17) is 47.4 Å². The third-order valence-corrected chi connectivity index (χ3v) is 14.0. The van der Waals surface area contributed by atoms with Gasteiger partial charge in [-0.25, -0.2) is 28.8 Å². The number of rotatable bonds is 19. The Morgan fingerprint density at radius 2 is 0.679 bits per heavy atom. The third kappa shape index (κ3) is 14.9. The van der Waals surface area contributed by atoms with Gasteiger partial charge in [0.1, 0.15) is 24.3 Å². The fourth-order valence-corrected chi connectivity index (χ4v) is 9.90. The van der Waals surface area contributed by atoms with Crippen LogP contribution in [0.4, 0.5) is 0 Å². The lowest BCUT2D eigenvalue weighted by atomic mass is 9.97. The molecule has 17 nitrogen and oxygen atoms in total. The first-order valence-corrected chi connectivity index (χ1v) is 26.6. The molecule has 414 valence electrons. The Morgan fingerprint density at radius 1 is 0.370 bits per heavy atom. The Labute approximate surface area is 470 Å². The molecule has 7 aromatic carbocycles. The lowest BCUT2D eigenvalue weighted by Gasteiger charge is -2.46. The van der Waals surface area contributed by atoms with Gasteiger partial charge in [-0.15, -0.1) is 0 Å². The zero-order chi connectivity index (χ0) is 56.7. The van der Waals surface area contributed by atoms with Gasteiger partial charge in [-0.2, -0.15) is 0 Å². The maximum absolute atomic E-state index is 14.4. The number of thioether (sulfide) groups is 1. The van der Waals surface area contributed by atoms with Gasteiger partial charge in [0.05, 0.1) is 40.0 Å². The fourth-order valence-electron chi connectivity index (χ4n) is 8.79. The summed E-state index contributed by atoms with van der Waals surface area (Å²) < 4.78 is 63.2. The molecule has 81 heavy (non-hydrogen) atoms. The van der Waals surface area contributed by atoms with E-state index in [-0.39, 0.29) is 33.4 Å². The highest BCUT2D eigenvalue weighted by molar-refractivity contribution is 7.99. The molecule has 2 fully saturated rings. The Balaban J connectivity index is 1.16. The van der Waals surface area contributed by atoms with Gasteiger partial charge in [0.2, 0.25) is 0 Å². The molecule has 0 aliphatic carbocycles. The van der Waals surface area contributed by atoms with Crippen LogP contribution in [0.5, 0.6) is 0 Å². The summed E-state index contributed by atoms with van der Waals surface area (Å²) in [6.07, 6.45) is -14.9. The molecule has 0 bridgehead atoms. The van der Waals surface area contributed by atoms with E-state index in [0.717, 1.165) is 24.2 Å². The van der Waals surface area contributed by atoms with Gasteiger partial charge in [0.15, 0.2) is 42.9 Å². The number of aryl methyl sites for hydroxylation is 1. The minimum Gasteiger partial charge on any atom is -0.463 e. The Hall–Kier alpha value is -8.94. The van der Waals surface area contributed by atoms with E-state index in [1.807, 2.05) is 31.2 Å². The summed E-state index contributed by atoms with van der Waals surface area (Å²) in [5.74, 6) is -6.13. The molecule has 9 rings (SSSR count). The van der Waals surface area contributed by atoms with Crippen molar-refractivity contribution in [2.75, 3.05) is 13.2 Å². The fraction of sp³-hybridized carbons (Fsp3) is 0.222. The quantitative estimate of drug-likeness (QED) is 0.0545. The lowest BCUT2D eigenvalue weighted by molar-refractivity contribution is -0.309. The van der Waals surface area contributed by atoms with Gasteiger partial charge in [0.25, 0.3) is 0 Å². The maximum atomic E-state index is 14.4. The molecule has 0 spiro atoms. The van der Waals surface area contributed by atoms with E-state index in [1.165, 1.54) is 60.7 Å². The van der Waals surface area contributed by atoms with Gasteiger partial charge in [0, 0.05) is 11.8 Å². The molecule has 0 aromatic heterocycles. The number of benzene rings is 7. The third-order valence-electron chi connectivity index (χ3n) is 12.8. The van der Waals surface area contributed by atoms with Crippen LogP contribution in [0.3, 0.4) is 0 Å². The van der Waals surface area contributed by atoms with E-state index >= 15 is 0 Å². The number of ether oxygens (including phenoxy) is 10. The van der Waals surface area contributed by atoms with Gasteiger partial charge in [-0.1, -0.05) is 139 Å². The summed E-state index contributed by atoms with van der Waals surface area (Å²) in [5, 5.41) is 0. The SMILES string of the molecule is CC(=O)OC[C@H]1O[C@H](OC[C@H]2O[C@H](Sc3ccc(C)cc3)[C@@H](OC(=O)c3ccccc3)[C@@H](OC(=O)c3ccccc3)[C@@H]2OC(=O)c2ccccc2)[C@@H](OC(=O)c2ccccc2)[C@@H](OC(=O)c2ccccc2)[C@@H]1OC(=O)c1ccccc1. The molecule has 2 aliphatic rings. The van der Waals surface area contributed by atoms with Crippen LogP contribution < -0.4 is 0 Å². The number of hydrogen-bond donors (Lipinski definition) is 0. The van der Waals surface area contributed by atoms with Crippen LogP contribution in [0.2, 0.25) is 0 Å². The van der Waals surface area contributed by atoms with Crippen molar-refractivity contribution < 1.29 is 80.9 Å². The summed E-state index contributed by atoms with van der Waals surface area (Å²) in [4.78, 5) is 98.8. The molecule has 2 heterocycles. The Morgan fingerprint density at radius 3 is 1.04 bits per heavy atom. The molecule has 0 radical (unpaired) electrons. The molecule has 0 N–H and O–H groups in total. The summed E-state index contributed by atoms with van der Waals surface area (Å²) in [6, 6.07) is 55.0. The molecular weight excluding hydrogens is 1060 g/mol. The Kier molecular flexibility index (Phi) is 19.1. The molecule has 18 heteroatoms. The normalized spacial score (nSPS) is 22.1. The van der Waals surface area contributed by atoms with E-state index in [2.05, 4.69) is 0 Å². The summed E-state index contributed by atoms with van der Waals surface area (Å²) in [7, 11) is 0. The second-order valence-corrected chi connectivity index (χ2v) is 19.7. The van der Waals surface area contributed by atoms with Crippen LogP contribution in [0.1, 0.15) is 74.6 Å². The second kappa shape index (κ2) is 27.3. The van der Waals surface area contributed by atoms with Crippen molar-refractivity contribution in [3.05, 3.63) is 245 Å². The summed E-state index contributed by atoms with van der Waals surface area (Å²) in [6.45, 7) is 1.77. The highest BCUT2D eigenvalue weighted by Gasteiger charge is 2.56. The number of carbonyl (C=O) groups is 7. The van der Waals surface area contributed by atoms with Crippen LogP contribution in [0, 0.1) is 6.92 Å². The Bertz CT molecular complexity index is 3240. The summed E-state index contributed by atoms with van der Waals surface area (Å²) >= 11 is 1.11. The van der Waals surface area contributed by atoms with E-state index in [0.29, 0.717) is 4.90 Å². The van der Waals surface area contributed by atoms with Crippen molar-refractivity contribution in [2.45, 2.75) is 79.3 Å². The molecule has 7 aromatic rings. The summed E-state index contributed by atoms with van der Waals surface area (Å²) in [5.41, 5.74) is 0.246. The zero-order valence-electron chi connectivity index (χ0n) is 43.7. The highest BCUT2D eigenvalue weighted by atomic mass is 32.2. The van der Waals surface area contributed by atoms with Crippen molar-refractivity contribution in [1.29, 1.82) is 0 Å². The van der Waals surface area contributed by atoms with Gasteiger partial charge < -0.3 is 47.4 Å². The van der Waals surface area contributed by atoms with Crippen LogP contribution in [-0.2, 0) is 52.2 Å². The van der Waals surface area contributed by atoms with E-state index in [9.17, 15) is 33.6 Å². The van der Waals surface area contributed by atoms with Crippen molar-refractivity contribution in [2.24, 2.45) is 0 Å². The number of carbonyl (C=O) groups excluding carboxylic acids is 7. The number of hydrogen-bond acceptors (Lipinski definition) is 18. The van der Waals surface area contributed by atoms with Crippen molar-refractivity contribution in [3.63, 3.8) is 0 Å². The molecular formula is C63H54O17S. The van der Waals surface area contributed by atoms with Crippen LogP contribution in [0.25, 0.3) is 0 Å².